The molecule has 6 nitrogen and oxygen atoms in total. The van der Waals surface area contributed by atoms with Crippen LogP contribution in [-0.4, -0.2) is 53.1 Å². The highest BCUT2D eigenvalue weighted by Gasteiger charge is 2.20. The van der Waals surface area contributed by atoms with Gasteiger partial charge >= 0.3 is 0 Å². The smallest absolute Gasteiger partial charge is 0.260 e. The Labute approximate surface area is 176 Å². The van der Waals surface area contributed by atoms with Gasteiger partial charge in [0, 0.05) is 51.2 Å². The average molecular weight is 405 g/mol. The van der Waals surface area contributed by atoms with Crippen LogP contribution in [0.25, 0.3) is 10.9 Å². The molecule has 30 heavy (non-hydrogen) atoms. The second kappa shape index (κ2) is 9.13. The van der Waals surface area contributed by atoms with Crippen molar-refractivity contribution in [1.82, 2.24) is 14.4 Å². The van der Waals surface area contributed by atoms with Crippen LogP contribution in [0.2, 0.25) is 0 Å². The number of hydrogen-bond acceptors (Lipinski definition) is 4. The van der Waals surface area contributed by atoms with Crippen LogP contribution in [0.5, 0.6) is 5.75 Å². The Hall–Kier alpha value is -3.12. The van der Waals surface area contributed by atoms with Gasteiger partial charge in [0.1, 0.15) is 5.75 Å². The molecule has 0 N–H and O–H groups in total. The van der Waals surface area contributed by atoms with E-state index in [0.717, 1.165) is 43.5 Å². The second-order valence-corrected chi connectivity index (χ2v) is 7.71. The van der Waals surface area contributed by atoms with Crippen LogP contribution in [0.4, 0.5) is 0 Å². The zero-order valence-corrected chi connectivity index (χ0v) is 17.3. The molecule has 0 aliphatic carbocycles. The number of benzene rings is 2. The first-order valence-corrected chi connectivity index (χ1v) is 10.4. The van der Waals surface area contributed by atoms with E-state index in [0.29, 0.717) is 12.3 Å². The van der Waals surface area contributed by atoms with Crippen molar-refractivity contribution in [3.8, 4) is 5.75 Å². The number of carbonyl (C=O) groups is 1. The van der Waals surface area contributed by atoms with Gasteiger partial charge in [0.25, 0.3) is 11.5 Å². The van der Waals surface area contributed by atoms with Crippen molar-refractivity contribution >= 4 is 16.8 Å². The molecular weight excluding hydrogens is 378 g/mol. The van der Waals surface area contributed by atoms with Gasteiger partial charge in [-0.25, -0.2) is 0 Å². The van der Waals surface area contributed by atoms with Gasteiger partial charge in [0.2, 0.25) is 0 Å². The van der Waals surface area contributed by atoms with Crippen molar-refractivity contribution in [3.05, 3.63) is 76.6 Å². The summed E-state index contributed by atoms with van der Waals surface area (Å²) in [5.41, 5.74) is 1.93. The Bertz CT molecular complexity index is 1080. The van der Waals surface area contributed by atoms with E-state index in [-0.39, 0.29) is 18.1 Å². The maximum atomic E-state index is 12.8. The first-order valence-electron chi connectivity index (χ1n) is 10.4. The molecule has 2 aromatic carbocycles. The van der Waals surface area contributed by atoms with Crippen LogP contribution in [0.3, 0.4) is 0 Å². The number of rotatable bonds is 5. The predicted octanol–water partition coefficient (Wildman–Crippen LogP) is 2.65. The summed E-state index contributed by atoms with van der Waals surface area (Å²) in [7, 11) is 1.73. The molecule has 0 atom stereocenters. The lowest BCUT2D eigenvalue weighted by atomic mass is 10.2. The summed E-state index contributed by atoms with van der Waals surface area (Å²) in [6.45, 7) is 4.07. The number of aromatic nitrogens is 1. The SMILES string of the molecule is Cn1c(=O)cc(OCC(=O)N2CCCN(Cc3ccccc3)CC2)c2ccccc21. The van der Waals surface area contributed by atoms with E-state index in [2.05, 4.69) is 29.2 Å². The zero-order chi connectivity index (χ0) is 20.9. The van der Waals surface area contributed by atoms with Gasteiger partial charge in [-0.15, -0.1) is 0 Å². The lowest BCUT2D eigenvalue weighted by Crippen LogP contribution is -2.38. The quantitative estimate of drug-likeness (QED) is 0.655. The lowest BCUT2D eigenvalue weighted by molar-refractivity contribution is -0.133. The number of nitrogens with zero attached hydrogens (tertiary/aromatic N) is 3. The van der Waals surface area contributed by atoms with Crippen LogP contribution < -0.4 is 10.3 Å². The molecule has 1 aliphatic rings. The number of aryl methyl sites for hydroxylation is 1. The number of fused-ring (bicyclic) bond motifs is 1. The third kappa shape index (κ3) is 4.54. The van der Waals surface area contributed by atoms with Gasteiger partial charge in [0.15, 0.2) is 6.61 Å². The van der Waals surface area contributed by atoms with Gasteiger partial charge < -0.3 is 14.2 Å². The standard InChI is InChI=1S/C24H27N3O3/c1-25-21-11-6-5-10-20(21)22(16-23(25)28)30-18-24(29)27-13-7-12-26(14-15-27)17-19-8-3-2-4-9-19/h2-6,8-11,16H,7,12-15,17-18H2,1H3. The summed E-state index contributed by atoms with van der Waals surface area (Å²) in [6.07, 6.45) is 0.938. The minimum Gasteiger partial charge on any atom is -0.483 e. The Morgan fingerprint density at radius 3 is 2.57 bits per heavy atom. The summed E-state index contributed by atoms with van der Waals surface area (Å²) in [4.78, 5) is 29.2. The van der Waals surface area contributed by atoms with Gasteiger partial charge in [0.05, 0.1) is 5.52 Å². The molecule has 1 fully saturated rings. The molecule has 1 aromatic heterocycles. The van der Waals surface area contributed by atoms with E-state index < -0.39 is 0 Å². The number of hydrogen-bond donors (Lipinski definition) is 0. The molecule has 1 saturated heterocycles. The number of para-hydroxylation sites is 1. The van der Waals surface area contributed by atoms with Crippen molar-refractivity contribution in [2.75, 3.05) is 32.8 Å². The van der Waals surface area contributed by atoms with Crippen LogP contribution in [-0.2, 0) is 18.4 Å². The Balaban J connectivity index is 1.37. The summed E-state index contributed by atoms with van der Waals surface area (Å²) in [5.74, 6) is 0.420. The third-order valence-corrected chi connectivity index (χ3v) is 5.66. The van der Waals surface area contributed by atoms with Gasteiger partial charge in [-0.3, -0.25) is 14.5 Å². The maximum Gasteiger partial charge on any atom is 0.260 e. The molecule has 1 aliphatic heterocycles. The molecule has 0 radical (unpaired) electrons. The zero-order valence-electron chi connectivity index (χ0n) is 17.3. The van der Waals surface area contributed by atoms with E-state index in [1.807, 2.05) is 35.2 Å². The fourth-order valence-corrected chi connectivity index (χ4v) is 3.95. The first kappa shape index (κ1) is 20.2. The molecule has 3 aromatic rings. The first-order chi connectivity index (χ1) is 14.6. The monoisotopic (exact) mass is 405 g/mol. The molecule has 6 heteroatoms. The molecular formula is C24H27N3O3. The van der Waals surface area contributed by atoms with E-state index in [1.54, 1.807) is 11.6 Å². The van der Waals surface area contributed by atoms with Crippen molar-refractivity contribution in [3.63, 3.8) is 0 Å². The summed E-state index contributed by atoms with van der Waals surface area (Å²) >= 11 is 0. The Morgan fingerprint density at radius 2 is 1.73 bits per heavy atom. The Morgan fingerprint density at radius 1 is 0.967 bits per heavy atom. The van der Waals surface area contributed by atoms with Crippen molar-refractivity contribution in [2.24, 2.45) is 7.05 Å². The van der Waals surface area contributed by atoms with E-state index in [4.69, 9.17) is 4.74 Å². The van der Waals surface area contributed by atoms with Crippen LogP contribution >= 0.6 is 0 Å². The Kier molecular flexibility index (Phi) is 6.14. The maximum absolute atomic E-state index is 12.8. The van der Waals surface area contributed by atoms with Gasteiger partial charge in [-0.05, 0) is 24.1 Å². The van der Waals surface area contributed by atoms with E-state index in [1.165, 1.54) is 11.6 Å². The number of ether oxygens (including phenoxy) is 1. The molecule has 156 valence electrons. The van der Waals surface area contributed by atoms with Gasteiger partial charge in [-0.1, -0.05) is 42.5 Å². The molecule has 4 rings (SSSR count). The number of carbonyl (C=O) groups excluding carboxylic acids is 1. The largest absolute Gasteiger partial charge is 0.483 e. The second-order valence-electron chi connectivity index (χ2n) is 7.71. The highest BCUT2D eigenvalue weighted by molar-refractivity contribution is 5.86. The summed E-state index contributed by atoms with van der Waals surface area (Å²) < 4.78 is 7.40. The highest BCUT2D eigenvalue weighted by Crippen LogP contribution is 2.23. The van der Waals surface area contributed by atoms with Crippen LogP contribution in [0, 0.1) is 0 Å². The number of pyridine rings is 1. The minimum absolute atomic E-state index is 0.0404. The molecule has 0 unspecified atom stereocenters. The summed E-state index contributed by atoms with van der Waals surface area (Å²) in [5, 5.41) is 0.831. The van der Waals surface area contributed by atoms with Crippen LogP contribution in [0.1, 0.15) is 12.0 Å². The van der Waals surface area contributed by atoms with Crippen LogP contribution in [0.15, 0.2) is 65.5 Å². The molecule has 1 amide bonds. The molecule has 2 heterocycles. The fourth-order valence-electron chi connectivity index (χ4n) is 3.95. The minimum atomic E-state index is -0.150. The average Bonchev–Trinajstić information content (AvgIpc) is 3.01. The predicted molar refractivity (Wildman–Crippen MR) is 118 cm³/mol. The highest BCUT2D eigenvalue weighted by atomic mass is 16.5. The van der Waals surface area contributed by atoms with E-state index in [9.17, 15) is 9.59 Å². The lowest BCUT2D eigenvalue weighted by Gasteiger charge is -2.22. The molecule has 0 bridgehead atoms. The third-order valence-electron chi connectivity index (χ3n) is 5.66. The normalized spacial score (nSPS) is 15.2. The molecule has 0 spiro atoms. The van der Waals surface area contributed by atoms with Crippen molar-refractivity contribution in [1.29, 1.82) is 0 Å². The number of amides is 1. The van der Waals surface area contributed by atoms with Gasteiger partial charge in [-0.2, -0.15) is 0 Å². The fraction of sp³-hybridized carbons (Fsp3) is 0.333. The molecule has 0 saturated carbocycles. The van der Waals surface area contributed by atoms with Crippen molar-refractivity contribution in [2.45, 2.75) is 13.0 Å². The summed E-state index contributed by atoms with van der Waals surface area (Å²) in [6, 6.07) is 19.4. The topological polar surface area (TPSA) is 54.8 Å². The van der Waals surface area contributed by atoms with E-state index >= 15 is 0 Å². The van der Waals surface area contributed by atoms with Crippen molar-refractivity contribution < 1.29 is 9.53 Å².